The summed E-state index contributed by atoms with van der Waals surface area (Å²) < 4.78 is 1.86. The van der Waals surface area contributed by atoms with E-state index in [0.29, 0.717) is 12.3 Å². The fraction of sp³-hybridized carbons (Fsp3) is 0.632. The van der Waals surface area contributed by atoms with Gasteiger partial charge in [-0.15, -0.1) is 5.10 Å². The Balaban J connectivity index is 1.37. The first kappa shape index (κ1) is 15.6. The van der Waals surface area contributed by atoms with Gasteiger partial charge in [0.05, 0.1) is 11.6 Å². The molecule has 2 aromatic rings. The number of carbonyl (C=O) groups is 1. The van der Waals surface area contributed by atoms with Gasteiger partial charge in [0.25, 0.3) is 0 Å². The van der Waals surface area contributed by atoms with Crippen LogP contribution < -0.4 is 5.32 Å². The number of carbonyl (C=O) groups excluding carboxylic acids is 1. The van der Waals surface area contributed by atoms with Crippen LogP contribution in [0.2, 0.25) is 0 Å². The van der Waals surface area contributed by atoms with E-state index in [-0.39, 0.29) is 18.0 Å². The van der Waals surface area contributed by atoms with E-state index in [1.807, 2.05) is 35.9 Å². The average molecular weight is 326 g/mol. The van der Waals surface area contributed by atoms with Gasteiger partial charge in [-0.2, -0.15) is 0 Å². The molecule has 1 heterocycles. The first-order valence-corrected chi connectivity index (χ1v) is 9.21. The molecule has 2 saturated carbocycles. The molecule has 1 amide bonds. The highest BCUT2D eigenvalue weighted by Gasteiger charge is 2.42. The van der Waals surface area contributed by atoms with Crippen molar-refractivity contribution in [2.45, 2.75) is 58.0 Å². The quantitative estimate of drug-likeness (QED) is 0.917. The van der Waals surface area contributed by atoms with E-state index in [0.717, 1.165) is 22.9 Å². The van der Waals surface area contributed by atoms with Crippen molar-refractivity contribution in [2.24, 2.45) is 17.8 Å². The molecule has 1 aromatic carbocycles. The van der Waals surface area contributed by atoms with Gasteiger partial charge < -0.3 is 5.32 Å². The number of nitrogens with one attached hydrogen (secondary N) is 1. The molecule has 1 N–H and O–H groups in total. The van der Waals surface area contributed by atoms with Crippen molar-refractivity contribution >= 4 is 16.9 Å². The van der Waals surface area contributed by atoms with Crippen LogP contribution in [0.3, 0.4) is 0 Å². The van der Waals surface area contributed by atoms with Crippen molar-refractivity contribution < 1.29 is 4.79 Å². The lowest BCUT2D eigenvalue weighted by atomic mass is 9.84. The van der Waals surface area contributed by atoms with Gasteiger partial charge in [-0.1, -0.05) is 23.8 Å². The summed E-state index contributed by atoms with van der Waals surface area (Å²) in [5.74, 6) is 2.55. The Morgan fingerprint density at radius 3 is 2.88 bits per heavy atom. The SMILES string of the molecule is C[C@H](NC(=O)C[C@@H](C)n1nnc2ccccc21)[C@H]1C[C@H]2CC[C@H]1C2. The van der Waals surface area contributed by atoms with Crippen LogP contribution in [-0.2, 0) is 4.79 Å². The highest BCUT2D eigenvalue weighted by molar-refractivity contribution is 5.78. The molecular weight excluding hydrogens is 300 g/mol. The lowest BCUT2D eigenvalue weighted by Gasteiger charge is -2.29. The summed E-state index contributed by atoms with van der Waals surface area (Å²) in [6.07, 6.45) is 5.88. The van der Waals surface area contributed by atoms with Crippen molar-refractivity contribution in [3.8, 4) is 0 Å². The van der Waals surface area contributed by atoms with Crippen molar-refractivity contribution in [1.82, 2.24) is 20.3 Å². The van der Waals surface area contributed by atoms with Gasteiger partial charge >= 0.3 is 0 Å². The molecule has 0 spiro atoms. The third-order valence-electron chi connectivity index (χ3n) is 6.10. The molecule has 2 bridgehead atoms. The van der Waals surface area contributed by atoms with E-state index in [1.165, 1.54) is 25.7 Å². The van der Waals surface area contributed by atoms with Gasteiger partial charge in [0.1, 0.15) is 5.52 Å². The number of amides is 1. The number of hydrogen-bond acceptors (Lipinski definition) is 3. The second-order valence-electron chi connectivity index (χ2n) is 7.77. The minimum atomic E-state index is 0.00429. The normalized spacial score (nSPS) is 28.2. The number of hydrogen-bond donors (Lipinski definition) is 1. The van der Waals surface area contributed by atoms with Crippen molar-refractivity contribution in [3.63, 3.8) is 0 Å². The molecule has 24 heavy (non-hydrogen) atoms. The summed E-state index contributed by atoms with van der Waals surface area (Å²) in [5.41, 5.74) is 1.86. The third-order valence-corrected chi connectivity index (χ3v) is 6.10. The lowest BCUT2D eigenvalue weighted by molar-refractivity contribution is -0.122. The van der Waals surface area contributed by atoms with Gasteiger partial charge in [-0.3, -0.25) is 4.79 Å². The van der Waals surface area contributed by atoms with Gasteiger partial charge in [0, 0.05) is 12.5 Å². The molecule has 0 saturated heterocycles. The molecule has 2 aliphatic carbocycles. The highest BCUT2D eigenvalue weighted by atomic mass is 16.1. The predicted molar refractivity (Wildman–Crippen MR) is 93.4 cm³/mol. The van der Waals surface area contributed by atoms with Gasteiger partial charge in [-0.25, -0.2) is 4.68 Å². The summed E-state index contributed by atoms with van der Waals surface area (Å²) in [6.45, 7) is 4.21. The van der Waals surface area contributed by atoms with Crippen LogP contribution >= 0.6 is 0 Å². The molecule has 5 heteroatoms. The average Bonchev–Trinajstić information content (AvgIpc) is 3.29. The highest BCUT2D eigenvalue weighted by Crippen LogP contribution is 2.49. The van der Waals surface area contributed by atoms with Gasteiger partial charge in [0.15, 0.2) is 0 Å². The van der Waals surface area contributed by atoms with Crippen LogP contribution in [-0.4, -0.2) is 26.9 Å². The number of rotatable bonds is 5. The van der Waals surface area contributed by atoms with E-state index in [4.69, 9.17) is 0 Å². The maximum Gasteiger partial charge on any atom is 0.222 e. The maximum absolute atomic E-state index is 12.5. The maximum atomic E-state index is 12.5. The summed E-state index contributed by atoms with van der Waals surface area (Å²) in [4.78, 5) is 12.5. The molecule has 0 unspecified atom stereocenters. The smallest absolute Gasteiger partial charge is 0.222 e. The fourth-order valence-electron chi connectivity index (χ4n) is 4.89. The minimum absolute atomic E-state index is 0.00429. The van der Waals surface area contributed by atoms with Crippen LogP contribution in [0.4, 0.5) is 0 Å². The zero-order valence-electron chi connectivity index (χ0n) is 14.5. The van der Waals surface area contributed by atoms with E-state index >= 15 is 0 Å². The zero-order valence-corrected chi connectivity index (χ0v) is 14.5. The molecule has 4 rings (SSSR count). The molecule has 0 aliphatic heterocycles. The van der Waals surface area contributed by atoms with Crippen molar-refractivity contribution in [3.05, 3.63) is 24.3 Å². The van der Waals surface area contributed by atoms with Crippen LogP contribution in [0.5, 0.6) is 0 Å². The molecule has 5 atom stereocenters. The molecule has 128 valence electrons. The second kappa shape index (κ2) is 6.19. The first-order valence-electron chi connectivity index (χ1n) is 9.21. The number of nitrogens with zero attached hydrogens (tertiary/aromatic N) is 3. The van der Waals surface area contributed by atoms with Crippen LogP contribution in [0.1, 0.15) is 52.0 Å². The van der Waals surface area contributed by atoms with Gasteiger partial charge in [0.2, 0.25) is 5.91 Å². The molecule has 2 aliphatic rings. The number of fused-ring (bicyclic) bond motifs is 3. The Bertz CT molecular complexity index is 740. The van der Waals surface area contributed by atoms with Gasteiger partial charge in [-0.05, 0) is 63.0 Å². The Hall–Kier alpha value is -1.91. The summed E-state index contributed by atoms with van der Waals surface area (Å²) in [7, 11) is 0. The number of aromatic nitrogens is 3. The second-order valence-corrected chi connectivity index (χ2v) is 7.77. The number of para-hydroxylation sites is 1. The van der Waals surface area contributed by atoms with Crippen LogP contribution in [0.15, 0.2) is 24.3 Å². The van der Waals surface area contributed by atoms with Crippen molar-refractivity contribution in [2.75, 3.05) is 0 Å². The van der Waals surface area contributed by atoms with E-state index in [9.17, 15) is 4.79 Å². The molecule has 5 nitrogen and oxygen atoms in total. The third kappa shape index (κ3) is 2.80. The van der Waals surface area contributed by atoms with Crippen LogP contribution in [0, 0.1) is 17.8 Å². The number of benzene rings is 1. The Morgan fingerprint density at radius 1 is 1.29 bits per heavy atom. The minimum Gasteiger partial charge on any atom is -0.353 e. The Labute approximate surface area is 142 Å². The van der Waals surface area contributed by atoms with E-state index in [1.54, 1.807) is 0 Å². The monoisotopic (exact) mass is 326 g/mol. The van der Waals surface area contributed by atoms with Crippen molar-refractivity contribution in [1.29, 1.82) is 0 Å². The molecular formula is C19H26N4O. The Kier molecular flexibility index (Phi) is 4.02. The zero-order chi connectivity index (χ0) is 16.7. The molecule has 0 radical (unpaired) electrons. The summed E-state index contributed by atoms with van der Waals surface area (Å²) in [5, 5.41) is 11.6. The van der Waals surface area contributed by atoms with E-state index < -0.39 is 0 Å². The van der Waals surface area contributed by atoms with Crippen LogP contribution in [0.25, 0.3) is 11.0 Å². The largest absolute Gasteiger partial charge is 0.353 e. The fourth-order valence-corrected chi connectivity index (χ4v) is 4.89. The standard InChI is InChI=1S/C19H26N4O/c1-12(23-18-6-4-3-5-17(18)21-22-23)9-19(24)20-13(2)16-11-14-7-8-15(16)10-14/h3-6,12-16H,7-11H2,1-2H3,(H,20,24)/t12-,13+,14+,15+,16-/m1/s1. The summed E-state index contributed by atoms with van der Waals surface area (Å²) in [6, 6.07) is 8.17. The lowest BCUT2D eigenvalue weighted by Crippen LogP contribution is -2.40. The van der Waals surface area contributed by atoms with E-state index in [2.05, 4.69) is 22.6 Å². The Morgan fingerprint density at radius 2 is 2.12 bits per heavy atom. The molecule has 1 aromatic heterocycles. The molecule has 2 fully saturated rings. The topological polar surface area (TPSA) is 59.8 Å². The predicted octanol–water partition coefficient (Wildman–Crippen LogP) is 3.32. The first-order chi connectivity index (χ1) is 11.6. The summed E-state index contributed by atoms with van der Waals surface area (Å²) >= 11 is 0.